The highest BCUT2D eigenvalue weighted by Crippen LogP contribution is 2.35. The topological polar surface area (TPSA) is 46.2 Å². The number of thiophene rings is 2. The summed E-state index contributed by atoms with van der Waals surface area (Å²) in [5, 5.41) is 9.02. The van der Waals surface area contributed by atoms with E-state index in [0.717, 1.165) is 41.0 Å². The molecule has 0 aliphatic heterocycles. The maximum atomic E-state index is 12.7. The summed E-state index contributed by atoms with van der Waals surface area (Å²) in [6, 6.07) is 11.7. The van der Waals surface area contributed by atoms with E-state index >= 15 is 0 Å². The molecular formula is C21H19NO2S2. The number of carbonyl (C=O) groups excluding carboxylic acids is 2. The summed E-state index contributed by atoms with van der Waals surface area (Å²) >= 11 is 3.22. The lowest BCUT2D eigenvalue weighted by atomic mass is 9.82. The molecule has 3 nitrogen and oxygen atoms in total. The molecule has 1 aliphatic carbocycles. The molecule has 26 heavy (non-hydrogen) atoms. The Hall–Kier alpha value is -2.24. The summed E-state index contributed by atoms with van der Waals surface area (Å²) < 4.78 is 0. The Kier molecular flexibility index (Phi) is 5.00. The molecule has 4 rings (SSSR count). The molecule has 1 amide bonds. The molecule has 1 atom stereocenters. The van der Waals surface area contributed by atoms with Gasteiger partial charge in [0.1, 0.15) is 5.78 Å². The molecule has 0 bridgehead atoms. The van der Waals surface area contributed by atoms with Gasteiger partial charge in [0.05, 0.1) is 5.56 Å². The molecule has 1 fully saturated rings. The van der Waals surface area contributed by atoms with Crippen LogP contribution in [0.4, 0.5) is 5.69 Å². The molecule has 0 saturated heterocycles. The van der Waals surface area contributed by atoms with Crippen LogP contribution in [-0.4, -0.2) is 11.7 Å². The quantitative estimate of drug-likeness (QED) is 0.606. The first-order chi connectivity index (χ1) is 12.7. The lowest BCUT2D eigenvalue weighted by Crippen LogP contribution is -2.20. The fourth-order valence-electron chi connectivity index (χ4n) is 3.43. The minimum atomic E-state index is -0.126. The molecule has 2 aromatic heterocycles. The average Bonchev–Trinajstić information content (AvgIpc) is 3.34. The van der Waals surface area contributed by atoms with Crippen LogP contribution in [0.2, 0.25) is 0 Å². The Balaban J connectivity index is 1.56. The van der Waals surface area contributed by atoms with Crippen LogP contribution in [0.5, 0.6) is 0 Å². The molecular weight excluding hydrogens is 362 g/mol. The van der Waals surface area contributed by atoms with Crippen LogP contribution in [0.15, 0.2) is 52.5 Å². The highest BCUT2D eigenvalue weighted by atomic mass is 32.1. The van der Waals surface area contributed by atoms with Crippen LogP contribution in [-0.2, 0) is 4.79 Å². The SMILES string of the molecule is O=C(Nc1ccccc1C1CCCCC1=O)c1csc(-c2ccsc2)c1. The molecule has 0 spiro atoms. The van der Waals surface area contributed by atoms with Crippen LogP contribution >= 0.6 is 22.7 Å². The van der Waals surface area contributed by atoms with Gasteiger partial charge < -0.3 is 5.32 Å². The molecule has 3 aromatic rings. The van der Waals surface area contributed by atoms with E-state index in [1.54, 1.807) is 22.7 Å². The molecule has 132 valence electrons. The van der Waals surface area contributed by atoms with Gasteiger partial charge in [0.25, 0.3) is 5.91 Å². The van der Waals surface area contributed by atoms with Gasteiger partial charge in [-0.25, -0.2) is 0 Å². The number of amides is 1. The van der Waals surface area contributed by atoms with Crippen LogP contribution in [0.25, 0.3) is 10.4 Å². The predicted molar refractivity (Wildman–Crippen MR) is 108 cm³/mol. The zero-order chi connectivity index (χ0) is 17.9. The number of carbonyl (C=O) groups is 2. The monoisotopic (exact) mass is 381 g/mol. The Morgan fingerprint density at radius 1 is 1.12 bits per heavy atom. The second-order valence-electron chi connectivity index (χ2n) is 6.52. The van der Waals surface area contributed by atoms with Crippen molar-refractivity contribution in [2.45, 2.75) is 31.6 Å². The first-order valence-corrected chi connectivity index (χ1v) is 10.6. The predicted octanol–water partition coefficient (Wildman–Crippen LogP) is 5.96. The van der Waals surface area contributed by atoms with E-state index in [1.165, 1.54) is 0 Å². The summed E-state index contributed by atoms with van der Waals surface area (Å²) in [4.78, 5) is 26.1. The molecule has 1 N–H and O–H groups in total. The van der Waals surface area contributed by atoms with Gasteiger partial charge >= 0.3 is 0 Å². The number of anilines is 1. The number of ketones is 1. The second-order valence-corrected chi connectivity index (χ2v) is 8.21. The van der Waals surface area contributed by atoms with Crippen LogP contribution in [0, 0.1) is 0 Å². The fraction of sp³-hybridized carbons (Fsp3) is 0.238. The van der Waals surface area contributed by atoms with Gasteiger partial charge in [-0.05, 0) is 47.4 Å². The van der Waals surface area contributed by atoms with E-state index in [4.69, 9.17) is 0 Å². The van der Waals surface area contributed by atoms with Crippen molar-refractivity contribution in [1.82, 2.24) is 0 Å². The molecule has 2 heterocycles. The Morgan fingerprint density at radius 3 is 2.81 bits per heavy atom. The maximum Gasteiger partial charge on any atom is 0.256 e. The Bertz CT molecular complexity index is 927. The summed E-state index contributed by atoms with van der Waals surface area (Å²) in [7, 11) is 0. The lowest BCUT2D eigenvalue weighted by Gasteiger charge is -2.23. The lowest BCUT2D eigenvalue weighted by molar-refractivity contribution is -0.121. The van der Waals surface area contributed by atoms with Crippen molar-refractivity contribution in [3.8, 4) is 10.4 Å². The number of para-hydroxylation sites is 1. The van der Waals surface area contributed by atoms with Gasteiger partial charge in [-0.2, -0.15) is 11.3 Å². The largest absolute Gasteiger partial charge is 0.322 e. The zero-order valence-electron chi connectivity index (χ0n) is 14.2. The summed E-state index contributed by atoms with van der Waals surface area (Å²) in [6.07, 6.45) is 3.55. The standard InChI is InChI=1S/C21H19NO2S2/c23-19-8-4-2-6-17(19)16-5-1-3-7-18(16)22-21(24)15-11-20(26-13-15)14-9-10-25-12-14/h1,3,5,7,9-13,17H,2,4,6,8H2,(H,22,24). The number of benzene rings is 1. The van der Waals surface area contributed by atoms with Crippen LogP contribution in [0.1, 0.15) is 47.5 Å². The third kappa shape index (κ3) is 3.50. The van der Waals surface area contributed by atoms with Crippen molar-refractivity contribution < 1.29 is 9.59 Å². The van der Waals surface area contributed by atoms with Crippen molar-refractivity contribution in [2.24, 2.45) is 0 Å². The van der Waals surface area contributed by atoms with Crippen LogP contribution in [0.3, 0.4) is 0 Å². The van der Waals surface area contributed by atoms with Gasteiger partial charge in [-0.3, -0.25) is 9.59 Å². The fourth-order valence-corrected chi connectivity index (χ4v) is 5.05. The van der Waals surface area contributed by atoms with Gasteiger partial charge in [0.2, 0.25) is 0 Å². The van der Waals surface area contributed by atoms with Gasteiger partial charge in [-0.1, -0.05) is 24.6 Å². The van der Waals surface area contributed by atoms with Crippen molar-refractivity contribution >= 4 is 40.1 Å². The van der Waals surface area contributed by atoms with E-state index in [-0.39, 0.29) is 17.6 Å². The normalized spacial score (nSPS) is 17.2. The Morgan fingerprint density at radius 2 is 2.00 bits per heavy atom. The highest BCUT2D eigenvalue weighted by molar-refractivity contribution is 7.14. The number of hydrogen-bond donors (Lipinski definition) is 1. The first kappa shape index (κ1) is 17.2. The number of nitrogens with one attached hydrogen (secondary N) is 1. The minimum absolute atomic E-state index is 0.0934. The highest BCUT2D eigenvalue weighted by Gasteiger charge is 2.26. The number of rotatable bonds is 4. The molecule has 0 radical (unpaired) electrons. The van der Waals surface area contributed by atoms with Crippen LogP contribution < -0.4 is 5.32 Å². The zero-order valence-corrected chi connectivity index (χ0v) is 15.9. The summed E-state index contributed by atoms with van der Waals surface area (Å²) in [6.45, 7) is 0. The first-order valence-electron chi connectivity index (χ1n) is 8.76. The Labute approximate surface area is 160 Å². The van der Waals surface area contributed by atoms with E-state index in [0.29, 0.717) is 12.0 Å². The van der Waals surface area contributed by atoms with E-state index < -0.39 is 0 Å². The molecule has 5 heteroatoms. The van der Waals surface area contributed by atoms with Gasteiger partial charge in [0.15, 0.2) is 0 Å². The molecule has 1 saturated carbocycles. The summed E-state index contributed by atoms with van der Waals surface area (Å²) in [5.74, 6) is 0.0655. The van der Waals surface area contributed by atoms with Crippen molar-refractivity contribution in [3.05, 3.63) is 63.7 Å². The van der Waals surface area contributed by atoms with E-state index in [9.17, 15) is 9.59 Å². The third-order valence-corrected chi connectivity index (χ3v) is 6.47. The minimum Gasteiger partial charge on any atom is -0.322 e. The number of hydrogen-bond acceptors (Lipinski definition) is 4. The molecule has 1 aromatic carbocycles. The smallest absolute Gasteiger partial charge is 0.256 e. The second kappa shape index (κ2) is 7.56. The third-order valence-electron chi connectivity index (χ3n) is 4.81. The van der Waals surface area contributed by atoms with Crippen molar-refractivity contribution in [1.29, 1.82) is 0 Å². The van der Waals surface area contributed by atoms with Gasteiger partial charge in [0, 0.05) is 33.8 Å². The molecule has 1 aliphatic rings. The van der Waals surface area contributed by atoms with Gasteiger partial charge in [-0.15, -0.1) is 11.3 Å². The summed E-state index contributed by atoms with van der Waals surface area (Å²) in [5.41, 5.74) is 3.49. The molecule has 1 unspecified atom stereocenters. The average molecular weight is 382 g/mol. The van der Waals surface area contributed by atoms with E-state index in [1.807, 2.05) is 41.1 Å². The maximum absolute atomic E-state index is 12.7. The van der Waals surface area contributed by atoms with Crippen molar-refractivity contribution in [2.75, 3.05) is 5.32 Å². The number of Topliss-reactive ketones (excluding diaryl/α,β-unsaturated/α-hetero) is 1. The van der Waals surface area contributed by atoms with Crippen molar-refractivity contribution in [3.63, 3.8) is 0 Å². The van der Waals surface area contributed by atoms with E-state index in [2.05, 4.69) is 16.8 Å².